The molecule has 3 heteroatoms. The van der Waals surface area contributed by atoms with Gasteiger partial charge in [0.15, 0.2) is 0 Å². The van der Waals surface area contributed by atoms with Crippen LogP contribution in [0.15, 0.2) is 0 Å². The number of nitrogens with one attached hydrogen (secondary N) is 1. The summed E-state index contributed by atoms with van der Waals surface area (Å²) in [6.45, 7) is 6.20. The molecular formula is C10H21NOS. The topological polar surface area (TPSA) is 29.1 Å². The fourth-order valence-electron chi connectivity index (χ4n) is 1.90. The minimum absolute atomic E-state index is 0.0483. The van der Waals surface area contributed by atoms with Gasteiger partial charge in [0.25, 0.3) is 0 Å². The minimum atomic E-state index is -0.675. The lowest BCUT2D eigenvalue weighted by molar-refractivity contribution is 0.579. The Labute approximate surface area is 83.9 Å². The predicted octanol–water partition coefficient (Wildman–Crippen LogP) is 1.67. The van der Waals surface area contributed by atoms with E-state index in [2.05, 4.69) is 26.1 Å². The molecule has 0 amide bonds. The van der Waals surface area contributed by atoms with Crippen molar-refractivity contribution < 1.29 is 4.21 Å². The Morgan fingerprint density at radius 1 is 1.31 bits per heavy atom. The van der Waals surface area contributed by atoms with Crippen molar-refractivity contribution in [1.82, 2.24) is 5.32 Å². The molecular weight excluding hydrogens is 182 g/mol. The normalized spacial score (nSPS) is 32.0. The summed E-state index contributed by atoms with van der Waals surface area (Å²) >= 11 is 0. The van der Waals surface area contributed by atoms with E-state index in [4.69, 9.17) is 0 Å². The van der Waals surface area contributed by atoms with Gasteiger partial charge >= 0.3 is 0 Å². The van der Waals surface area contributed by atoms with Crippen molar-refractivity contribution in [3.63, 3.8) is 0 Å². The molecule has 1 aliphatic carbocycles. The van der Waals surface area contributed by atoms with Gasteiger partial charge in [-0.3, -0.25) is 4.21 Å². The van der Waals surface area contributed by atoms with E-state index in [1.807, 2.05) is 7.05 Å². The van der Waals surface area contributed by atoms with Crippen LogP contribution in [0.3, 0.4) is 0 Å². The summed E-state index contributed by atoms with van der Waals surface area (Å²) in [6.07, 6.45) is 3.39. The zero-order valence-corrected chi connectivity index (χ0v) is 9.91. The van der Waals surface area contributed by atoms with Crippen LogP contribution < -0.4 is 5.32 Å². The number of rotatable bonds is 2. The summed E-state index contributed by atoms with van der Waals surface area (Å²) in [4.78, 5) is 0. The lowest BCUT2D eigenvalue weighted by Crippen LogP contribution is -2.31. The second-order valence-electron chi connectivity index (χ2n) is 4.83. The van der Waals surface area contributed by atoms with Gasteiger partial charge in [-0.05, 0) is 47.1 Å². The highest BCUT2D eigenvalue weighted by Gasteiger charge is 2.33. The van der Waals surface area contributed by atoms with Crippen molar-refractivity contribution in [2.45, 2.75) is 56.1 Å². The average molecular weight is 203 g/mol. The Kier molecular flexibility index (Phi) is 3.52. The fraction of sp³-hybridized carbons (Fsp3) is 1.00. The van der Waals surface area contributed by atoms with Gasteiger partial charge in [0.05, 0.1) is 0 Å². The molecule has 3 unspecified atom stereocenters. The number of hydrogen-bond donors (Lipinski definition) is 1. The third-order valence-corrected chi connectivity index (χ3v) is 4.94. The molecule has 2 nitrogen and oxygen atoms in total. The van der Waals surface area contributed by atoms with Crippen molar-refractivity contribution in [1.29, 1.82) is 0 Å². The largest absolute Gasteiger partial charge is 0.317 e. The molecule has 0 aromatic heterocycles. The lowest BCUT2D eigenvalue weighted by Gasteiger charge is -2.22. The summed E-state index contributed by atoms with van der Waals surface area (Å²) in [5, 5.41) is 3.68. The molecule has 1 N–H and O–H groups in total. The fourth-order valence-corrected chi connectivity index (χ4v) is 3.65. The molecule has 0 spiro atoms. The standard InChI is InChI=1S/C10H21NOS/c1-10(2,3)13(12)9-6-5-8(7-9)11-4/h8-9,11H,5-7H2,1-4H3. The molecule has 0 saturated heterocycles. The summed E-state index contributed by atoms with van der Waals surface area (Å²) in [5.74, 6) is 0. The van der Waals surface area contributed by atoms with Gasteiger partial charge in [-0.15, -0.1) is 0 Å². The van der Waals surface area contributed by atoms with E-state index in [-0.39, 0.29) is 4.75 Å². The third-order valence-electron chi connectivity index (χ3n) is 2.70. The molecule has 1 rings (SSSR count). The van der Waals surface area contributed by atoms with Gasteiger partial charge in [-0.2, -0.15) is 0 Å². The first-order valence-corrected chi connectivity index (χ1v) is 6.24. The molecule has 3 atom stereocenters. The molecule has 0 bridgehead atoms. The SMILES string of the molecule is CNC1CCC(S(=O)C(C)(C)C)C1. The maximum absolute atomic E-state index is 12.0. The van der Waals surface area contributed by atoms with Gasteiger partial charge < -0.3 is 5.32 Å². The molecule has 13 heavy (non-hydrogen) atoms. The van der Waals surface area contributed by atoms with E-state index >= 15 is 0 Å². The van der Waals surface area contributed by atoms with Crippen LogP contribution in [0.4, 0.5) is 0 Å². The van der Waals surface area contributed by atoms with E-state index in [9.17, 15) is 4.21 Å². The van der Waals surface area contributed by atoms with Crippen molar-refractivity contribution in [3.8, 4) is 0 Å². The highest BCUT2D eigenvalue weighted by molar-refractivity contribution is 7.87. The first-order chi connectivity index (χ1) is 5.95. The highest BCUT2D eigenvalue weighted by atomic mass is 32.2. The highest BCUT2D eigenvalue weighted by Crippen LogP contribution is 2.28. The monoisotopic (exact) mass is 203 g/mol. The van der Waals surface area contributed by atoms with Crippen LogP contribution in [0.1, 0.15) is 40.0 Å². The van der Waals surface area contributed by atoms with E-state index in [1.54, 1.807) is 0 Å². The van der Waals surface area contributed by atoms with Crippen LogP contribution in [-0.2, 0) is 10.8 Å². The van der Waals surface area contributed by atoms with Crippen molar-refractivity contribution in [2.75, 3.05) is 7.05 Å². The zero-order valence-electron chi connectivity index (χ0n) is 9.09. The van der Waals surface area contributed by atoms with Gasteiger partial charge in [0, 0.05) is 26.8 Å². The van der Waals surface area contributed by atoms with Gasteiger partial charge in [0.2, 0.25) is 0 Å². The minimum Gasteiger partial charge on any atom is -0.317 e. The van der Waals surface area contributed by atoms with E-state index in [0.717, 1.165) is 12.8 Å². The second-order valence-corrected chi connectivity index (χ2v) is 7.32. The summed E-state index contributed by atoms with van der Waals surface area (Å²) in [7, 11) is 1.32. The van der Waals surface area contributed by atoms with Crippen molar-refractivity contribution >= 4 is 10.8 Å². The van der Waals surface area contributed by atoms with Gasteiger partial charge in [-0.1, -0.05) is 0 Å². The Morgan fingerprint density at radius 3 is 2.31 bits per heavy atom. The van der Waals surface area contributed by atoms with E-state index in [1.165, 1.54) is 6.42 Å². The van der Waals surface area contributed by atoms with Crippen molar-refractivity contribution in [2.24, 2.45) is 0 Å². The van der Waals surface area contributed by atoms with Crippen LogP contribution in [0.5, 0.6) is 0 Å². The maximum atomic E-state index is 12.0. The average Bonchev–Trinajstić information content (AvgIpc) is 2.48. The number of hydrogen-bond acceptors (Lipinski definition) is 2. The molecule has 1 aliphatic rings. The smallest absolute Gasteiger partial charge is 0.0377 e. The quantitative estimate of drug-likeness (QED) is 0.740. The first-order valence-electron chi connectivity index (χ1n) is 5.03. The Hall–Kier alpha value is 0.110. The predicted molar refractivity (Wildman–Crippen MR) is 58.4 cm³/mol. The van der Waals surface area contributed by atoms with Gasteiger partial charge in [0.1, 0.15) is 0 Å². The molecule has 0 aromatic rings. The summed E-state index contributed by atoms with van der Waals surface area (Å²) in [6, 6.07) is 0.594. The van der Waals surface area contributed by atoms with Crippen LogP contribution >= 0.6 is 0 Å². The lowest BCUT2D eigenvalue weighted by atomic mass is 10.2. The van der Waals surface area contributed by atoms with Gasteiger partial charge in [-0.25, -0.2) is 0 Å². The molecule has 1 fully saturated rings. The molecule has 0 aromatic carbocycles. The maximum Gasteiger partial charge on any atom is 0.0377 e. The van der Waals surface area contributed by atoms with E-state index in [0.29, 0.717) is 11.3 Å². The second kappa shape index (κ2) is 4.09. The first kappa shape index (κ1) is 11.2. The zero-order chi connectivity index (χ0) is 10.1. The van der Waals surface area contributed by atoms with Crippen LogP contribution in [0.25, 0.3) is 0 Å². The summed E-state index contributed by atoms with van der Waals surface area (Å²) < 4.78 is 12.0. The molecule has 0 radical (unpaired) electrons. The molecule has 1 saturated carbocycles. The molecule has 0 heterocycles. The third kappa shape index (κ3) is 2.78. The van der Waals surface area contributed by atoms with Crippen LogP contribution in [0, 0.1) is 0 Å². The van der Waals surface area contributed by atoms with Crippen molar-refractivity contribution in [3.05, 3.63) is 0 Å². The van der Waals surface area contributed by atoms with E-state index < -0.39 is 10.8 Å². The Bertz CT molecular complexity index is 198. The molecule has 0 aliphatic heterocycles. The Morgan fingerprint density at radius 2 is 1.92 bits per heavy atom. The molecule has 78 valence electrons. The summed E-state index contributed by atoms with van der Waals surface area (Å²) in [5.41, 5.74) is 0. The van der Waals surface area contributed by atoms with Crippen LogP contribution in [0.2, 0.25) is 0 Å². The van der Waals surface area contributed by atoms with Crippen LogP contribution in [-0.4, -0.2) is 27.3 Å². The Balaban J connectivity index is 2.52.